The van der Waals surface area contributed by atoms with Crippen molar-refractivity contribution in [2.75, 3.05) is 32.6 Å². The average molecular weight is 349 g/mol. The Morgan fingerprint density at radius 3 is 2.96 bits per heavy atom. The third-order valence-electron chi connectivity index (χ3n) is 4.05. The molecular formula is C16H19N3O4S. The summed E-state index contributed by atoms with van der Waals surface area (Å²) in [4.78, 5) is 30.1. The Kier molecular flexibility index (Phi) is 4.84. The number of ether oxygens (including phenoxy) is 2. The molecule has 0 spiro atoms. The summed E-state index contributed by atoms with van der Waals surface area (Å²) in [5.74, 6) is 0.388. The van der Waals surface area contributed by atoms with Crippen molar-refractivity contribution < 1.29 is 19.1 Å². The van der Waals surface area contributed by atoms with Crippen LogP contribution in [0.5, 0.6) is 5.75 Å². The van der Waals surface area contributed by atoms with E-state index in [1.54, 1.807) is 12.0 Å². The van der Waals surface area contributed by atoms with E-state index in [-0.39, 0.29) is 17.9 Å². The molecule has 2 aromatic rings. The third-order valence-corrected chi connectivity index (χ3v) is 4.98. The molecule has 1 saturated heterocycles. The fraction of sp³-hybridized carbons (Fsp3) is 0.438. The fourth-order valence-corrected chi connectivity index (χ4v) is 3.68. The van der Waals surface area contributed by atoms with Crippen LogP contribution in [-0.2, 0) is 9.53 Å². The predicted octanol–water partition coefficient (Wildman–Crippen LogP) is 2.72. The second-order valence-corrected chi connectivity index (χ2v) is 6.63. The maximum atomic E-state index is 12.5. The van der Waals surface area contributed by atoms with Gasteiger partial charge in [0.1, 0.15) is 5.75 Å². The molecule has 1 unspecified atom stereocenters. The van der Waals surface area contributed by atoms with Crippen molar-refractivity contribution in [1.82, 2.24) is 9.88 Å². The van der Waals surface area contributed by atoms with Crippen LogP contribution in [0.2, 0.25) is 0 Å². The first-order chi connectivity index (χ1) is 11.6. The molecule has 128 valence electrons. The molecule has 0 saturated carbocycles. The van der Waals surface area contributed by atoms with Crippen molar-refractivity contribution in [2.45, 2.75) is 12.8 Å². The van der Waals surface area contributed by atoms with Crippen LogP contribution < -0.4 is 10.1 Å². The highest BCUT2D eigenvalue weighted by Crippen LogP contribution is 2.30. The lowest BCUT2D eigenvalue weighted by atomic mass is 9.97. The lowest BCUT2D eigenvalue weighted by molar-refractivity contribution is -0.121. The van der Waals surface area contributed by atoms with Crippen LogP contribution in [0.25, 0.3) is 10.2 Å². The highest BCUT2D eigenvalue weighted by molar-refractivity contribution is 7.22. The van der Waals surface area contributed by atoms with Gasteiger partial charge >= 0.3 is 6.09 Å². The Hall–Kier alpha value is -2.35. The molecule has 0 aliphatic carbocycles. The number of fused-ring (bicyclic) bond motifs is 1. The first-order valence-electron chi connectivity index (χ1n) is 7.69. The number of carbonyl (C=O) groups excluding carboxylic acids is 2. The number of methoxy groups -OCH3 is 2. The summed E-state index contributed by atoms with van der Waals surface area (Å²) in [7, 11) is 2.96. The molecule has 1 aromatic carbocycles. The van der Waals surface area contributed by atoms with E-state index in [0.717, 1.165) is 28.8 Å². The molecule has 8 heteroatoms. The average Bonchev–Trinajstić information content (AvgIpc) is 3.02. The van der Waals surface area contributed by atoms with Crippen LogP contribution in [0.3, 0.4) is 0 Å². The van der Waals surface area contributed by atoms with Crippen molar-refractivity contribution in [3.8, 4) is 5.75 Å². The van der Waals surface area contributed by atoms with Gasteiger partial charge in [-0.25, -0.2) is 9.78 Å². The van der Waals surface area contributed by atoms with Gasteiger partial charge in [0.2, 0.25) is 5.91 Å². The summed E-state index contributed by atoms with van der Waals surface area (Å²) in [6, 6.07) is 5.59. The zero-order chi connectivity index (χ0) is 17.1. The summed E-state index contributed by atoms with van der Waals surface area (Å²) in [5.41, 5.74) is 0.816. The Bertz CT molecular complexity index is 761. The molecule has 0 radical (unpaired) electrons. The first kappa shape index (κ1) is 16.5. The maximum absolute atomic E-state index is 12.5. The van der Waals surface area contributed by atoms with Gasteiger partial charge in [0.15, 0.2) is 5.13 Å². The third kappa shape index (κ3) is 3.43. The first-order valence-corrected chi connectivity index (χ1v) is 8.50. The Morgan fingerprint density at radius 1 is 1.38 bits per heavy atom. The fourth-order valence-electron chi connectivity index (χ4n) is 2.78. The zero-order valence-electron chi connectivity index (χ0n) is 13.6. The summed E-state index contributed by atoms with van der Waals surface area (Å²) >= 11 is 1.40. The molecule has 1 N–H and O–H groups in total. The number of hydrogen-bond donors (Lipinski definition) is 1. The molecule has 2 heterocycles. The van der Waals surface area contributed by atoms with Gasteiger partial charge in [0, 0.05) is 13.1 Å². The van der Waals surface area contributed by atoms with E-state index in [1.807, 2.05) is 18.2 Å². The lowest BCUT2D eigenvalue weighted by Gasteiger charge is -2.30. The molecule has 2 amide bonds. The summed E-state index contributed by atoms with van der Waals surface area (Å²) in [6.45, 7) is 0.995. The number of anilines is 1. The van der Waals surface area contributed by atoms with Crippen LogP contribution in [0.1, 0.15) is 12.8 Å². The highest BCUT2D eigenvalue weighted by Gasteiger charge is 2.29. The van der Waals surface area contributed by atoms with Gasteiger partial charge in [-0.15, -0.1) is 0 Å². The van der Waals surface area contributed by atoms with E-state index in [2.05, 4.69) is 10.3 Å². The van der Waals surface area contributed by atoms with E-state index in [4.69, 9.17) is 9.47 Å². The SMILES string of the molecule is COC(=O)N1CCCC(C(=O)Nc2nc3ccc(OC)cc3s2)C1. The molecule has 1 atom stereocenters. The molecule has 0 bridgehead atoms. The molecule has 7 nitrogen and oxygen atoms in total. The number of thiazole rings is 1. The van der Waals surface area contributed by atoms with Gasteiger partial charge in [-0.3, -0.25) is 4.79 Å². The number of benzene rings is 1. The topological polar surface area (TPSA) is 80.8 Å². The van der Waals surface area contributed by atoms with Crippen LogP contribution in [0.4, 0.5) is 9.93 Å². The van der Waals surface area contributed by atoms with Crippen molar-refractivity contribution in [3.63, 3.8) is 0 Å². The molecule has 24 heavy (non-hydrogen) atoms. The van der Waals surface area contributed by atoms with Crippen molar-refractivity contribution in [2.24, 2.45) is 5.92 Å². The maximum Gasteiger partial charge on any atom is 0.409 e. The van der Waals surface area contributed by atoms with Crippen molar-refractivity contribution in [1.29, 1.82) is 0 Å². The quantitative estimate of drug-likeness (QED) is 0.921. The Labute approximate surface area is 143 Å². The number of carbonyl (C=O) groups is 2. The van der Waals surface area contributed by atoms with E-state index >= 15 is 0 Å². The van der Waals surface area contributed by atoms with Gasteiger partial charge in [-0.2, -0.15) is 0 Å². The number of nitrogens with one attached hydrogen (secondary N) is 1. The minimum atomic E-state index is -0.389. The summed E-state index contributed by atoms with van der Waals surface area (Å²) < 4.78 is 10.9. The van der Waals surface area contributed by atoms with Gasteiger partial charge in [0.05, 0.1) is 30.4 Å². The number of likely N-dealkylation sites (tertiary alicyclic amines) is 1. The molecule has 1 aromatic heterocycles. The summed E-state index contributed by atoms with van der Waals surface area (Å²) in [5, 5.41) is 3.42. The van der Waals surface area contributed by atoms with Gasteiger partial charge < -0.3 is 19.7 Å². The van der Waals surface area contributed by atoms with Crippen LogP contribution in [0.15, 0.2) is 18.2 Å². The normalized spacial score (nSPS) is 17.6. The number of nitrogens with zero attached hydrogens (tertiary/aromatic N) is 2. The second kappa shape index (κ2) is 7.04. The monoisotopic (exact) mass is 349 g/mol. The smallest absolute Gasteiger partial charge is 0.409 e. The van der Waals surface area contributed by atoms with Crippen molar-refractivity contribution >= 4 is 38.7 Å². The van der Waals surface area contributed by atoms with E-state index in [0.29, 0.717) is 18.2 Å². The van der Waals surface area contributed by atoms with Crippen LogP contribution in [-0.4, -0.2) is 49.2 Å². The zero-order valence-corrected chi connectivity index (χ0v) is 14.4. The Balaban J connectivity index is 1.69. The number of piperidine rings is 1. The van der Waals surface area contributed by atoms with Crippen molar-refractivity contribution in [3.05, 3.63) is 18.2 Å². The largest absolute Gasteiger partial charge is 0.497 e. The minimum Gasteiger partial charge on any atom is -0.497 e. The van der Waals surface area contributed by atoms with E-state index in [9.17, 15) is 9.59 Å². The second-order valence-electron chi connectivity index (χ2n) is 5.60. The molecule has 1 aliphatic rings. The van der Waals surface area contributed by atoms with Gasteiger partial charge in [0.25, 0.3) is 0 Å². The Morgan fingerprint density at radius 2 is 2.21 bits per heavy atom. The molecule has 1 aliphatic heterocycles. The van der Waals surface area contributed by atoms with E-state index < -0.39 is 0 Å². The highest BCUT2D eigenvalue weighted by atomic mass is 32.1. The molecule has 3 rings (SSSR count). The van der Waals surface area contributed by atoms with Crippen LogP contribution in [0, 0.1) is 5.92 Å². The van der Waals surface area contributed by atoms with Gasteiger partial charge in [-0.05, 0) is 31.0 Å². The lowest BCUT2D eigenvalue weighted by Crippen LogP contribution is -2.43. The molecule has 1 fully saturated rings. The van der Waals surface area contributed by atoms with Gasteiger partial charge in [-0.1, -0.05) is 11.3 Å². The number of rotatable bonds is 3. The number of aromatic nitrogens is 1. The van der Waals surface area contributed by atoms with E-state index in [1.165, 1.54) is 18.4 Å². The predicted molar refractivity (Wildman–Crippen MR) is 91.5 cm³/mol. The standard InChI is InChI=1S/C16H19N3O4S/c1-22-11-5-6-12-13(8-11)24-15(17-12)18-14(20)10-4-3-7-19(9-10)16(21)23-2/h5-6,8,10H,3-4,7,9H2,1-2H3,(H,17,18,20). The van der Waals surface area contributed by atoms with Crippen LogP contribution >= 0.6 is 11.3 Å². The summed E-state index contributed by atoms with van der Waals surface area (Å²) in [6.07, 6.45) is 1.14. The number of hydrogen-bond acceptors (Lipinski definition) is 6. The minimum absolute atomic E-state index is 0.116. The number of amides is 2. The molecular weight excluding hydrogens is 330 g/mol.